The van der Waals surface area contributed by atoms with E-state index in [2.05, 4.69) is 27.9 Å². The fourth-order valence-corrected chi connectivity index (χ4v) is 2.33. The summed E-state index contributed by atoms with van der Waals surface area (Å²) in [7, 11) is 4.58. The first-order chi connectivity index (χ1) is 7.08. The van der Waals surface area contributed by atoms with Crippen molar-refractivity contribution in [3.05, 3.63) is 0 Å². The van der Waals surface area contributed by atoms with Crippen LogP contribution in [0.25, 0.3) is 0 Å². The van der Waals surface area contributed by atoms with Gasteiger partial charge >= 0.3 is 0 Å². The van der Waals surface area contributed by atoms with Crippen LogP contribution in [0.15, 0.2) is 0 Å². The van der Waals surface area contributed by atoms with Gasteiger partial charge in [0.15, 0.2) is 0 Å². The Kier molecular flexibility index (Phi) is 5.07. The second kappa shape index (κ2) is 5.86. The molecule has 0 aromatic rings. The van der Waals surface area contributed by atoms with Crippen LogP contribution >= 0.6 is 0 Å². The highest BCUT2D eigenvalue weighted by molar-refractivity contribution is 4.71. The molecule has 0 aromatic heterocycles. The minimum absolute atomic E-state index is 0.473. The number of nitrogens with zero attached hydrogens (tertiary/aromatic N) is 1. The van der Waals surface area contributed by atoms with Gasteiger partial charge in [0.05, 0.1) is 20.6 Å². The minimum Gasteiger partial charge on any atom is -0.315 e. The quantitative estimate of drug-likeness (QED) is 0.343. The molecule has 0 radical (unpaired) electrons. The molecule has 1 fully saturated rings. The second-order valence-electron chi connectivity index (χ2n) is 5.50. The standard InChI is InChI=1S/C13H28NO/c1-5-6-7-8-9-10-11-14(3,4)13-12(2)15-13/h12-13H,5-11H2,1-4H3/q+1. The highest BCUT2D eigenvalue weighted by atomic mass is 16.6. The molecule has 2 atom stereocenters. The number of unbranched alkanes of at least 4 members (excludes halogenated alkanes) is 5. The van der Waals surface area contributed by atoms with Crippen molar-refractivity contribution >= 4 is 0 Å². The molecule has 0 aromatic carbocycles. The molecule has 1 aliphatic rings. The van der Waals surface area contributed by atoms with E-state index in [0.717, 1.165) is 4.48 Å². The lowest BCUT2D eigenvalue weighted by Gasteiger charge is -2.27. The van der Waals surface area contributed by atoms with Crippen LogP contribution in [0.3, 0.4) is 0 Å². The maximum atomic E-state index is 5.55. The molecular formula is C13H28NO+. The minimum atomic E-state index is 0.473. The third kappa shape index (κ3) is 4.52. The van der Waals surface area contributed by atoms with E-state index in [1.165, 1.54) is 45.1 Å². The molecule has 1 heterocycles. The fraction of sp³-hybridized carbons (Fsp3) is 1.00. The summed E-state index contributed by atoms with van der Waals surface area (Å²) in [5.74, 6) is 0. The van der Waals surface area contributed by atoms with E-state index in [9.17, 15) is 0 Å². The van der Waals surface area contributed by atoms with Gasteiger partial charge in [-0.15, -0.1) is 0 Å². The van der Waals surface area contributed by atoms with Crippen molar-refractivity contribution in [2.45, 2.75) is 64.7 Å². The predicted octanol–water partition coefficient (Wildman–Crippen LogP) is 3.17. The van der Waals surface area contributed by atoms with Crippen molar-refractivity contribution in [2.75, 3.05) is 20.6 Å². The van der Waals surface area contributed by atoms with Crippen LogP contribution in [0.1, 0.15) is 52.4 Å². The Morgan fingerprint density at radius 2 is 1.53 bits per heavy atom. The topological polar surface area (TPSA) is 12.5 Å². The Hall–Kier alpha value is -0.0800. The maximum absolute atomic E-state index is 5.55. The zero-order chi connectivity index (χ0) is 11.3. The number of epoxide rings is 1. The van der Waals surface area contributed by atoms with Crippen molar-refractivity contribution in [1.82, 2.24) is 0 Å². The molecule has 2 nitrogen and oxygen atoms in total. The number of likely N-dealkylation sites (N-methyl/N-ethyl adjacent to an activating group) is 1. The summed E-state index contributed by atoms with van der Waals surface area (Å²) in [5, 5.41) is 0. The van der Waals surface area contributed by atoms with Gasteiger partial charge in [-0.1, -0.05) is 32.6 Å². The lowest BCUT2D eigenvalue weighted by molar-refractivity contribution is -0.911. The summed E-state index contributed by atoms with van der Waals surface area (Å²) in [5.41, 5.74) is 0. The first kappa shape index (κ1) is 13.0. The summed E-state index contributed by atoms with van der Waals surface area (Å²) in [4.78, 5) is 0. The van der Waals surface area contributed by atoms with E-state index in [1.54, 1.807) is 0 Å². The molecule has 1 saturated heterocycles. The summed E-state index contributed by atoms with van der Waals surface area (Å²) >= 11 is 0. The molecule has 0 N–H and O–H groups in total. The normalized spacial score (nSPS) is 25.6. The lowest BCUT2D eigenvalue weighted by atomic mass is 10.1. The molecule has 15 heavy (non-hydrogen) atoms. The SMILES string of the molecule is CCCCCCCC[N+](C)(C)C1OC1C. The van der Waals surface area contributed by atoms with E-state index < -0.39 is 0 Å². The van der Waals surface area contributed by atoms with Gasteiger partial charge in [0.2, 0.25) is 6.23 Å². The highest BCUT2D eigenvalue weighted by Gasteiger charge is 2.47. The number of rotatable bonds is 8. The third-order valence-electron chi connectivity index (χ3n) is 3.46. The Bertz CT molecular complexity index is 179. The molecule has 0 bridgehead atoms. The maximum Gasteiger partial charge on any atom is 0.220 e. The van der Waals surface area contributed by atoms with Crippen LogP contribution in [-0.4, -0.2) is 37.5 Å². The van der Waals surface area contributed by atoms with Gasteiger partial charge < -0.3 is 9.22 Å². The van der Waals surface area contributed by atoms with Crippen LogP contribution in [0.4, 0.5) is 0 Å². The first-order valence-electron chi connectivity index (χ1n) is 6.56. The Balaban J connectivity index is 1.99. The molecule has 0 saturated carbocycles. The van der Waals surface area contributed by atoms with Crippen molar-refractivity contribution in [2.24, 2.45) is 0 Å². The zero-order valence-corrected chi connectivity index (χ0v) is 11.0. The summed E-state index contributed by atoms with van der Waals surface area (Å²) in [6.45, 7) is 5.71. The van der Waals surface area contributed by atoms with Gasteiger partial charge in [0.1, 0.15) is 6.10 Å². The van der Waals surface area contributed by atoms with Crippen LogP contribution in [0, 0.1) is 0 Å². The lowest BCUT2D eigenvalue weighted by Crippen LogP contribution is -2.44. The molecule has 0 aliphatic carbocycles. The van der Waals surface area contributed by atoms with Gasteiger partial charge in [-0.2, -0.15) is 0 Å². The molecular weight excluding hydrogens is 186 g/mol. The van der Waals surface area contributed by atoms with E-state index >= 15 is 0 Å². The first-order valence-corrected chi connectivity index (χ1v) is 6.56. The summed E-state index contributed by atoms with van der Waals surface area (Å²) in [6.07, 6.45) is 9.28. The van der Waals surface area contributed by atoms with Crippen molar-refractivity contribution in [3.63, 3.8) is 0 Å². The predicted molar refractivity (Wildman–Crippen MR) is 64.7 cm³/mol. The van der Waals surface area contributed by atoms with E-state index in [-0.39, 0.29) is 0 Å². The van der Waals surface area contributed by atoms with Crippen LogP contribution in [0.2, 0.25) is 0 Å². The van der Waals surface area contributed by atoms with Gasteiger partial charge in [-0.3, -0.25) is 0 Å². The van der Waals surface area contributed by atoms with Crippen LogP contribution in [-0.2, 0) is 4.74 Å². The summed E-state index contributed by atoms with van der Waals surface area (Å²) in [6, 6.07) is 0. The monoisotopic (exact) mass is 214 g/mol. The van der Waals surface area contributed by atoms with Crippen molar-refractivity contribution in [3.8, 4) is 0 Å². The van der Waals surface area contributed by atoms with Gasteiger partial charge in [0.25, 0.3) is 0 Å². The second-order valence-corrected chi connectivity index (χ2v) is 5.50. The number of hydrogen-bond acceptors (Lipinski definition) is 1. The molecule has 0 spiro atoms. The smallest absolute Gasteiger partial charge is 0.220 e. The largest absolute Gasteiger partial charge is 0.315 e. The van der Waals surface area contributed by atoms with Crippen LogP contribution in [0.5, 0.6) is 0 Å². The molecule has 2 unspecified atom stereocenters. The number of hydrogen-bond donors (Lipinski definition) is 0. The van der Waals surface area contributed by atoms with Crippen molar-refractivity contribution in [1.29, 1.82) is 0 Å². The van der Waals surface area contributed by atoms with Crippen LogP contribution < -0.4 is 0 Å². The average Bonchev–Trinajstić information content (AvgIpc) is 2.90. The molecule has 2 heteroatoms. The third-order valence-corrected chi connectivity index (χ3v) is 3.46. The number of quaternary nitrogens is 1. The Labute approximate surface area is 95.2 Å². The molecule has 90 valence electrons. The van der Waals surface area contributed by atoms with Gasteiger partial charge in [0, 0.05) is 0 Å². The molecule has 1 aliphatic heterocycles. The Morgan fingerprint density at radius 3 is 2.07 bits per heavy atom. The fourth-order valence-electron chi connectivity index (χ4n) is 2.33. The number of ether oxygens (including phenoxy) is 1. The molecule has 0 amide bonds. The zero-order valence-electron chi connectivity index (χ0n) is 11.0. The van der Waals surface area contributed by atoms with E-state index in [0.29, 0.717) is 12.3 Å². The highest BCUT2D eigenvalue weighted by Crippen LogP contribution is 2.29. The van der Waals surface area contributed by atoms with Gasteiger partial charge in [-0.25, -0.2) is 0 Å². The molecule has 1 rings (SSSR count). The van der Waals surface area contributed by atoms with E-state index in [4.69, 9.17) is 4.74 Å². The Morgan fingerprint density at radius 1 is 1.00 bits per heavy atom. The summed E-state index contributed by atoms with van der Waals surface area (Å²) < 4.78 is 6.60. The average molecular weight is 214 g/mol. The van der Waals surface area contributed by atoms with E-state index in [1.807, 2.05) is 0 Å². The van der Waals surface area contributed by atoms with Crippen molar-refractivity contribution < 1.29 is 9.22 Å². The van der Waals surface area contributed by atoms with Gasteiger partial charge in [-0.05, 0) is 19.8 Å².